The van der Waals surface area contributed by atoms with Crippen molar-refractivity contribution in [1.82, 2.24) is 0 Å². The highest BCUT2D eigenvalue weighted by molar-refractivity contribution is 7.15. The van der Waals surface area contributed by atoms with Crippen molar-refractivity contribution < 1.29 is 32.6 Å². The summed E-state index contributed by atoms with van der Waals surface area (Å²) in [5, 5.41) is 10.0. The maximum Gasteiger partial charge on any atom is 0.405 e. The van der Waals surface area contributed by atoms with Crippen LogP contribution in [-0.4, -0.2) is 42.4 Å². The van der Waals surface area contributed by atoms with Gasteiger partial charge in [-0.15, -0.1) is 11.3 Å². The third-order valence-electron chi connectivity index (χ3n) is 8.15. The van der Waals surface area contributed by atoms with Crippen molar-refractivity contribution in [1.29, 1.82) is 0 Å². The van der Waals surface area contributed by atoms with E-state index < -0.39 is 23.7 Å². The summed E-state index contributed by atoms with van der Waals surface area (Å²) in [6.45, 7) is 2.18. The van der Waals surface area contributed by atoms with Gasteiger partial charge in [-0.05, 0) is 82.6 Å². The van der Waals surface area contributed by atoms with Gasteiger partial charge in [-0.1, -0.05) is 18.8 Å². The van der Waals surface area contributed by atoms with Crippen LogP contribution >= 0.6 is 11.3 Å². The molecule has 3 aliphatic rings. The van der Waals surface area contributed by atoms with Gasteiger partial charge in [0, 0.05) is 12.0 Å². The number of hydrogen-bond donors (Lipinski definition) is 1. The molecule has 0 bridgehead atoms. The predicted molar refractivity (Wildman–Crippen MR) is 132 cm³/mol. The van der Waals surface area contributed by atoms with Crippen molar-refractivity contribution in [3.05, 3.63) is 15.8 Å². The van der Waals surface area contributed by atoms with Gasteiger partial charge in [-0.25, -0.2) is 4.79 Å². The molecule has 0 spiro atoms. The fraction of sp³-hybridized carbons (Fsp3) is 0.704. The van der Waals surface area contributed by atoms with Crippen LogP contribution < -0.4 is 4.90 Å². The number of aliphatic hydroxyl groups excluding tert-OH is 1. The van der Waals surface area contributed by atoms with Gasteiger partial charge in [-0.3, -0.25) is 4.79 Å². The molecule has 0 radical (unpaired) electrons. The van der Waals surface area contributed by atoms with Crippen LogP contribution in [0, 0.1) is 29.1 Å². The van der Waals surface area contributed by atoms with Crippen molar-refractivity contribution in [3.63, 3.8) is 0 Å². The second kappa shape index (κ2) is 10.7. The number of alkyl halides is 3. The number of amides is 1. The Kier molecular flexibility index (Phi) is 8.06. The van der Waals surface area contributed by atoms with Crippen molar-refractivity contribution in [2.24, 2.45) is 17.3 Å². The standard InChI is InChI=1S/C27H34F3NO4S/c1-17-4-6-18(7-5-17)24(33)31(19-8-10-20(32)11-9-19)22-16-21(36-23(22)25(34)35-2)12-15-26(13-3-14-26)27(28,29)30/h16-20,32H,3-11,13-14H2,1-2H3/t17-,18-,19-,20-. The van der Waals surface area contributed by atoms with Crippen LogP contribution in [0.15, 0.2) is 6.07 Å². The molecule has 3 aliphatic carbocycles. The molecule has 1 heterocycles. The van der Waals surface area contributed by atoms with E-state index in [2.05, 4.69) is 18.8 Å². The van der Waals surface area contributed by atoms with Gasteiger partial charge >= 0.3 is 12.1 Å². The number of hydrogen-bond acceptors (Lipinski definition) is 5. The number of carbonyl (C=O) groups is 2. The van der Waals surface area contributed by atoms with Gasteiger partial charge in [-0.2, -0.15) is 13.2 Å². The minimum atomic E-state index is -4.41. The molecule has 36 heavy (non-hydrogen) atoms. The van der Waals surface area contributed by atoms with Crippen molar-refractivity contribution in [3.8, 4) is 11.8 Å². The zero-order chi connectivity index (χ0) is 26.1. The lowest BCUT2D eigenvalue weighted by molar-refractivity contribution is -0.225. The number of ether oxygens (including phenoxy) is 1. The van der Waals surface area contributed by atoms with Crippen LogP contribution in [0.3, 0.4) is 0 Å². The van der Waals surface area contributed by atoms with Crippen molar-refractivity contribution in [2.45, 2.75) is 95.9 Å². The first-order valence-corrected chi connectivity index (χ1v) is 13.7. The Bertz CT molecular complexity index is 1020. The van der Waals surface area contributed by atoms with E-state index >= 15 is 0 Å². The van der Waals surface area contributed by atoms with Gasteiger partial charge in [0.15, 0.2) is 0 Å². The molecule has 9 heteroatoms. The Morgan fingerprint density at radius 2 is 1.75 bits per heavy atom. The maximum atomic E-state index is 13.9. The molecule has 3 saturated carbocycles. The van der Waals surface area contributed by atoms with E-state index in [1.807, 2.05) is 0 Å². The monoisotopic (exact) mass is 525 g/mol. The van der Waals surface area contributed by atoms with Crippen molar-refractivity contribution >= 4 is 28.9 Å². The normalized spacial score (nSPS) is 27.8. The number of aliphatic hydroxyl groups is 1. The van der Waals surface area contributed by atoms with Gasteiger partial charge in [0.2, 0.25) is 5.91 Å². The number of esters is 1. The first-order chi connectivity index (χ1) is 17.0. The summed E-state index contributed by atoms with van der Waals surface area (Å²) in [6, 6.07) is 1.38. The Morgan fingerprint density at radius 1 is 1.11 bits per heavy atom. The Labute approximate surface area is 214 Å². The summed E-state index contributed by atoms with van der Waals surface area (Å²) < 4.78 is 45.8. The molecular formula is C27H34F3NO4S. The van der Waals surface area contributed by atoms with Crippen LogP contribution in [0.2, 0.25) is 0 Å². The summed E-state index contributed by atoms with van der Waals surface area (Å²) in [7, 11) is 1.25. The lowest BCUT2D eigenvalue weighted by Crippen LogP contribution is -2.47. The lowest BCUT2D eigenvalue weighted by Gasteiger charge is -2.39. The average molecular weight is 526 g/mol. The Hall–Kier alpha value is -2.05. The van der Waals surface area contributed by atoms with E-state index in [0.717, 1.165) is 37.0 Å². The SMILES string of the molecule is COC(=O)c1sc(C#CC2(C(F)(F)F)CCC2)cc1N(C(=O)[C@H]1CC[C@H](C)CC1)[C@H]1CC[C@H](O)CC1. The maximum absolute atomic E-state index is 13.9. The molecule has 0 saturated heterocycles. The topological polar surface area (TPSA) is 66.8 Å². The van der Waals surface area contributed by atoms with Crippen LogP contribution in [0.5, 0.6) is 0 Å². The van der Waals surface area contributed by atoms with E-state index in [1.165, 1.54) is 7.11 Å². The summed E-state index contributed by atoms with van der Waals surface area (Å²) >= 11 is 0.977. The van der Waals surface area contributed by atoms with Crippen molar-refractivity contribution in [2.75, 3.05) is 12.0 Å². The molecule has 1 amide bonds. The number of methoxy groups -OCH3 is 1. The summed E-state index contributed by atoms with van der Waals surface area (Å²) in [5.41, 5.74) is -1.63. The molecular weight excluding hydrogens is 491 g/mol. The molecule has 0 unspecified atom stereocenters. The molecule has 1 N–H and O–H groups in total. The molecule has 3 fully saturated rings. The smallest absolute Gasteiger partial charge is 0.405 e. The molecule has 0 aliphatic heterocycles. The third-order valence-corrected chi connectivity index (χ3v) is 9.17. The molecule has 0 aromatic carbocycles. The van der Waals surface area contributed by atoms with E-state index in [4.69, 9.17) is 4.74 Å². The summed E-state index contributed by atoms with van der Waals surface area (Å²) in [4.78, 5) is 28.8. The molecule has 0 atom stereocenters. The number of anilines is 1. The van der Waals surface area contributed by atoms with E-state index in [0.29, 0.717) is 48.6 Å². The Morgan fingerprint density at radius 3 is 2.28 bits per heavy atom. The molecule has 5 nitrogen and oxygen atoms in total. The summed E-state index contributed by atoms with van der Waals surface area (Å²) in [5.74, 6) is 4.84. The van der Waals surface area contributed by atoms with Gasteiger partial charge < -0.3 is 14.7 Å². The highest BCUT2D eigenvalue weighted by atomic mass is 32.1. The number of rotatable bonds is 4. The Balaban J connectivity index is 1.72. The second-order valence-electron chi connectivity index (χ2n) is 10.6. The zero-order valence-corrected chi connectivity index (χ0v) is 21.6. The highest BCUT2D eigenvalue weighted by Crippen LogP contribution is 2.52. The predicted octanol–water partition coefficient (Wildman–Crippen LogP) is 6.08. The van der Waals surface area contributed by atoms with Crippen LogP contribution in [0.25, 0.3) is 0 Å². The van der Waals surface area contributed by atoms with Gasteiger partial charge in [0.1, 0.15) is 10.3 Å². The van der Waals surface area contributed by atoms with Crippen LogP contribution in [-0.2, 0) is 9.53 Å². The lowest BCUT2D eigenvalue weighted by atomic mass is 9.69. The average Bonchev–Trinajstić information content (AvgIpc) is 3.22. The fourth-order valence-electron chi connectivity index (χ4n) is 5.57. The highest BCUT2D eigenvalue weighted by Gasteiger charge is 2.57. The number of carbonyl (C=O) groups excluding carboxylic acids is 2. The first kappa shape index (κ1) is 27.0. The minimum Gasteiger partial charge on any atom is -0.465 e. The van der Waals surface area contributed by atoms with Gasteiger partial charge in [0.25, 0.3) is 0 Å². The molecule has 198 valence electrons. The zero-order valence-electron chi connectivity index (χ0n) is 20.8. The van der Waals surface area contributed by atoms with Crippen LogP contribution in [0.1, 0.15) is 92.1 Å². The third kappa shape index (κ3) is 5.45. The minimum absolute atomic E-state index is 0.0271. The second-order valence-corrected chi connectivity index (χ2v) is 11.7. The van der Waals surface area contributed by atoms with Crippen LogP contribution in [0.4, 0.5) is 18.9 Å². The van der Waals surface area contributed by atoms with Gasteiger partial charge in [0.05, 0.1) is 23.8 Å². The summed E-state index contributed by atoms with van der Waals surface area (Å²) in [6.07, 6.45) is 1.32. The molecule has 1 aromatic rings. The fourth-order valence-corrected chi connectivity index (χ4v) is 6.49. The number of nitrogens with zero attached hydrogens (tertiary/aromatic N) is 1. The first-order valence-electron chi connectivity index (χ1n) is 12.9. The quantitative estimate of drug-likeness (QED) is 0.382. The number of halogens is 3. The van der Waals surface area contributed by atoms with E-state index in [9.17, 15) is 27.9 Å². The molecule has 4 rings (SSSR count). The van der Waals surface area contributed by atoms with E-state index in [-0.39, 0.29) is 35.6 Å². The number of thiophene rings is 1. The molecule has 1 aromatic heterocycles. The van der Waals surface area contributed by atoms with E-state index in [1.54, 1.807) is 11.0 Å². The largest absolute Gasteiger partial charge is 0.465 e.